The van der Waals surface area contributed by atoms with Gasteiger partial charge in [0.1, 0.15) is 41.9 Å². The Hall–Kier alpha value is -1.51. The van der Waals surface area contributed by atoms with Gasteiger partial charge in [-0.15, -0.1) is 0 Å². The van der Waals surface area contributed by atoms with Gasteiger partial charge in [0.05, 0.1) is 30.8 Å². The topological polar surface area (TPSA) is 283 Å². The summed E-state index contributed by atoms with van der Waals surface area (Å²) in [5, 5.41) is 57.9. The summed E-state index contributed by atoms with van der Waals surface area (Å²) in [6.07, 6.45) is -6.53. The van der Waals surface area contributed by atoms with Crippen LogP contribution in [0, 0.1) is 0 Å². The predicted octanol–water partition coefficient (Wildman–Crippen LogP) is -5.23. The minimum absolute atomic E-state index is 0.0129. The predicted molar refractivity (Wildman–Crippen MR) is 144 cm³/mol. The Kier molecular flexibility index (Phi) is 12.3. The second-order valence-electron chi connectivity index (χ2n) is 11.2. The summed E-state index contributed by atoms with van der Waals surface area (Å²) in [5.41, 5.74) is 22.8. The Labute approximate surface area is 239 Å². The molecule has 16 nitrogen and oxygen atoms in total. The van der Waals surface area contributed by atoms with E-state index in [2.05, 4.69) is 10.6 Å². The van der Waals surface area contributed by atoms with E-state index >= 15 is 0 Å². The number of hydrogen-bond donors (Lipinski definition) is 11. The third-order valence-electron chi connectivity index (χ3n) is 7.81. The lowest BCUT2D eigenvalue weighted by atomic mass is 9.83. The number of carbonyl (C=O) groups is 1. The van der Waals surface area contributed by atoms with Gasteiger partial charge in [0.15, 0.2) is 6.29 Å². The highest BCUT2D eigenvalue weighted by Crippen LogP contribution is 2.32. The van der Waals surface area contributed by atoms with Crippen LogP contribution in [0.15, 0.2) is 11.8 Å². The van der Waals surface area contributed by atoms with Gasteiger partial charge in [-0.2, -0.15) is 0 Å². The average Bonchev–Trinajstić information content (AvgIpc) is 2.91. The van der Waals surface area contributed by atoms with Crippen LogP contribution < -0.4 is 33.6 Å². The second-order valence-corrected chi connectivity index (χ2v) is 11.2. The molecule has 1 amide bonds. The first-order valence-corrected chi connectivity index (χ1v) is 14.0. The molecule has 15 N–H and O–H groups in total. The Morgan fingerprint density at radius 1 is 1.17 bits per heavy atom. The quantitative estimate of drug-likeness (QED) is 0.101. The van der Waals surface area contributed by atoms with E-state index in [4.69, 9.17) is 41.9 Å². The number of likely N-dealkylation sites (N-methyl/N-ethyl adjacent to an activating group) is 1. The molecule has 3 aliphatic rings. The van der Waals surface area contributed by atoms with Gasteiger partial charge in [-0.3, -0.25) is 4.79 Å². The summed E-state index contributed by atoms with van der Waals surface area (Å²) in [7, 11) is 1.56. The first kappa shape index (κ1) is 34.0. The van der Waals surface area contributed by atoms with Crippen molar-refractivity contribution in [2.45, 2.75) is 112 Å². The third kappa shape index (κ3) is 8.11. The van der Waals surface area contributed by atoms with Crippen LogP contribution in [0.2, 0.25) is 0 Å². The fourth-order valence-electron chi connectivity index (χ4n) is 5.46. The molecule has 0 aromatic rings. The molecular weight excluding hydrogens is 544 g/mol. The molecule has 0 radical (unpaired) electrons. The second kappa shape index (κ2) is 14.8. The summed E-state index contributed by atoms with van der Waals surface area (Å²) in [6, 6.07) is -3.81. The van der Waals surface area contributed by atoms with Crippen LogP contribution in [0.3, 0.4) is 0 Å². The first-order chi connectivity index (χ1) is 19.3. The van der Waals surface area contributed by atoms with E-state index in [0.717, 1.165) is 0 Å². The molecule has 1 saturated carbocycles. The molecular formula is C25H48N6O10. The Morgan fingerprint density at radius 3 is 2.49 bits per heavy atom. The largest absolute Gasteiger partial charge is 0.466 e. The lowest BCUT2D eigenvalue weighted by Gasteiger charge is -2.49. The van der Waals surface area contributed by atoms with Gasteiger partial charge in [0.25, 0.3) is 0 Å². The van der Waals surface area contributed by atoms with Gasteiger partial charge < -0.3 is 78.0 Å². The van der Waals surface area contributed by atoms with Crippen molar-refractivity contribution in [3.05, 3.63) is 11.8 Å². The van der Waals surface area contributed by atoms with Crippen LogP contribution >= 0.6 is 0 Å². The van der Waals surface area contributed by atoms with Gasteiger partial charge in [0, 0.05) is 12.6 Å². The molecule has 0 aromatic carbocycles. The lowest BCUT2D eigenvalue weighted by molar-refractivity contribution is -0.304. The molecule has 2 fully saturated rings. The standard InChI is InChI=1S/C25H48N6O10/c1-25(37)10-38-24(18(35)21(25)30-2)41-20-14(31-22(36)15(33)5-7-26)9-13(29)19(17(20)34)40-23-12(28)3-4-16(39-23)11(27)6-8-32/h4,11-15,17-21,23-24,30,32-35,37H,3,5-10,26-29H2,1-2H3,(H,31,36)/t11?,12-,13+,14-,15+,17+,18-,19-,20+,21-,23-,24-,25+/m1/s1. The van der Waals surface area contributed by atoms with E-state index in [9.17, 15) is 30.3 Å². The zero-order chi connectivity index (χ0) is 30.5. The minimum Gasteiger partial charge on any atom is -0.466 e. The van der Waals surface area contributed by atoms with Gasteiger partial charge >= 0.3 is 0 Å². The first-order valence-electron chi connectivity index (χ1n) is 14.0. The Morgan fingerprint density at radius 2 is 1.85 bits per heavy atom. The summed E-state index contributed by atoms with van der Waals surface area (Å²) in [4.78, 5) is 12.7. The Balaban J connectivity index is 1.82. The smallest absolute Gasteiger partial charge is 0.249 e. The normalized spacial score (nSPS) is 41.2. The van der Waals surface area contributed by atoms with E-state index in [1.807, 2.05) is 0 Å². The average molecular weight is 593 g/mol. The summed E-state index contributed by atoms with van der Waals surface area (Å²) in [5.74, 6) is -0.348. The molecule has 2 aliphatic heterocycles. The highest BCUT2D eigenvalue weighted by Gasteiger charge is 2.52. The zero-order valence-corrected chi connectivity index (χ0v) is 23.5. The lowest BCUT2D eigenvalue weighted by Crippen LogP contribution is -2.69. The number of ether oxygens (including phenoxy) is 4. The molecule has 0 bridgehead atoms. The van der Waals surface area contributed by atoms with Crippen LogP contribution in [0.1, 0.15) is 32.6 Å². The van der Waals surface area contributed by atoms with E-state index in [1.54, 1.807) is 13.1 Å². The summed E-state index contributed by atoms with van der Waals surface area (Å²) < 4.78 is 23.6. The van der Waals surface area contributed by atoms with E-state index < -0.39 is 84.8 Å². The van der Waals surface area contributed by atoms with Crippen molar-refractivity contribution in [2.24, 2.45) is 22.9 Å². The maximum absolute atomic E-state index is 12.7. The van der Waals surface area contributed by atoms with E-state index in [0.29, 0.717) is 12.2 Å². The molecule has 0 aromatic heterocycles. The van der Waals surface area contributed by atoms with Crippen molar-refractivity contribution in [2.75, 3.05) is 26.8 Å². The zero-order valence-electron chi connectivity index (χ0n) is 23.5. The SMILES string of the molecule is CN[C@@H]1[C@@H](O)[C@@H](O[C@@H]2[C@@H](O)[C@H](O[C@H]3OC(C(N)CCO)=CC[C@H]3N)[C@@H](N)C[C@H]2NC(=O)[C@@H](O)CCN)OC[C@]1(C)O. The molecule has 238 valence electrons. The van der Waals surface area contributed by atoms with Gasteiger partial charge in [-0.25, -0.2) is 0 Å². The van der Waals surface area contributed by atoms with Crippen molar-refractivity contribution >= 4 is 5.91 Å². The number of nitrogens with one attached hydrogen (secondary N) is 2. The number of aliphatic hydroxyl groups is 5. The summed E-state index contributed by atoms with van der Waals surface area (Å²) >= 11 is 0. The van der Waals surface area contributed by atoms with Crippen LogP contribution in [0.25, 0.3) is 0 Å². The molecule has 41 heavy (non-hydrogen) atoms. The number of amides is 1. The minimum atomic E-state index is -1.49. The number of rotatable bonds is 12. The molecule has 16 heteroatoms. The van der Waals surface area contributed by atoms with Crippen molar-refractivity contribution in [1.82, 2.24) is 10.6 Å². The van der Waals surface area contributed by atoms with Crippen LogP contribution in [-0.2, 0) is 23.7 Å². The maximum Gasteiger partial charge on any atom is 0.249 e. The molecule has 1 aliphatic carbocycles. The molecule has 1 unspecified atom stereocenters. The highest BCUT2D eigenvalue weighted by molar-refractivity contribution is 5.80. The van der Waals surface area contributed by atoms with Crippen LogP contribution in [-0.4, -0.2) is 137 Å². The molecule has 1 saturated heterocycles. The molecule has 2 heterocycles. The third-order valence-corrected chi connectivity index (χ3v) is 7.81. The Bertz CT molecular complexity index is 884. The van der Waals surface area contributed by atoms with Crippen LogP contribution in [0.4, 0.5) is 0 Å². The number of hydrogen-bond acceptors (Lipinski definition) is 15. The van der Waals surface area contributed by atoms with Crippen LogP contribution in [0.5, 0.6) is 0 Å². The monoisotopic (exact) mass is 592 g/mol. The van der Waals surface area contributed by atoms with Crippen molar-refractivity contribution < 1.29 is 49.3 Å². The van der Waals surface area contributed by atoms with Gasteiger partial charge in [0.2, 0.25) is 12.2 Å². The van der Waals surface area contributed by atoms with Gasteiger partial charge in [-0.05, 0) is 52.3 Å². The van der Waals surface area contributed by atoms with Crippen molar-refractivity contribution in [3.63, 3.8) is 0 Å². The number of aliphatic hydroxyl groups excluding tert-OH is 4. The van der Waals surface area contributed by atoms with Crippen molar-refractivity contribution in [3.8, 4) is 0 Å². The molecule has 13 atom stereocenters. The number of carbonyl (C=O) groups excluding carboxylic acids is 1. The van der Waals surface area contributed by atoms with Gasteiger partial charge in [-0.1, -0.05) is 0 Å². The fraction of sp³-hybridized carbons (Fsp3) is 0.880. The summed E-state index contributed by atoms with van der Waals surface area (Å²) in [6.45, 7) is 1.24. The van der Waals surface area contributed by atoms with Crippen molar-refractivity contribution in [1.29, 1.82) is 0 Å². The highest BCUT2D eigenvalue weighted by atomic mass is 16.7. The number of nitrogens with two attached hydrogens (primary N) is 4. The van der Waals surface area contributed by atoms with E-state index in [1.165, 1.54) is 6.92 Å². The fourth-order valence-corrected chi connectivity index (χ4v) is 5.46. The van der Waals surface area contributed by atoms with E-state index in [-0.39, 0.29) is 39.0 Å². The molecule has 0 spiro atoms. The maximum atomic E-state index is 12.7. The molecule has 3 rings (SSSR count).